The predicted octanol–water partition coefficient (Wildman–Crippen LogP) is 1.86. The average molecular weight is 300 g/mol. The molecule has 2 aromatic rings. The molecule has 6 nitrogen and oxygen atoms in total. The van der Waals surface area contributed by atoms with Crippen molar-refractivity contribution in [3.63, 3.8) is 0 Å². The zero-order valence-corrected chi connectivity index (χ0v) is 12.4. The number of sulfonamides is 1. The first-order valence-corrected chi connectivity index (χ1v) is 8.38. The number of thiazole rings is 1. The normalized spacial score (nSPS) is 13.6. The first-order chi connectivity index (χ1) is 9.06. The van der Waals surface area contributed by atoms with Crippen molar-refractivity contribution < 1.29 is 8.42 Å². The molecule has 104 valence electrons. The van der Waals surface area contributed by atoms with Crippen molar-refractivity contribution >= 4 is 21.4 Å². The summed E-state index contributed by atoms with van der Waals surface area (Å²) in [5.74, 6) is 0.655. The molecule has 8 heteroatoms. The number of nitrogens with one attached hydrogen (secondary N) is 2. The third-order valence-corrected chi connectivity index (χ3v) is 4.96. The van der Waals surface area contributed by atoms with Crippen LogP contribution in [-0.2, 0) is 16.4 Å². The molecule has 0 radical (unpaired) electrons. The smallest absolute Gasteiger partial charge is 0.258 e. The second-order valence-electron chi connectivity index (χ2n) is 4.00. The number of H-pyrrole nitrogens is 1. The van der Waals surface area contributed by atoms with E-state index in [1.165, 1.54) is 17.5 Å². The number of nitrogens with zero attached hydrogens (tertiary/aromatic N) is 2. The number of rotatable bonds is 6. The van der Waals surface area contributed by atoms with E-state index in [2.05, 4.69) is 19.7 Å². The van der Waals surface area contributed by atoms with Gasteiger partial charge in [-0.2, -0.15) is 4.72 Å². The topological polar surface area (TPSA) is 87.7 Å². The molecular formula is C11H16N4O2S2. The monoisotopic (exact) mass is 300 g/mol. The van der Waals surface area contributed by atoms with Crippen LogP contribution in [0, 0.1) is 0 Å². The second kappa shape index (κ2) is 5.81. The van der Waals surface area contributed by atoms with E-state index in [1.807, 2.05) is 19.2 Å². The largest absolute Gasteiger partial charge is 0.332 e. The van der Waals surface area contributed by atoms with Gasteiger partial charge in [0.15, 0.2) is 5.03 Å². The van der Waals surface area contributed by atoms with Gasteiger partial charge in [-0.3, -0.25) is 0 Å². The molecular weight excluding hydrogens is 284 g/mol. The summed E-state index contributed by atoms with van der Waals surface area (Å²) in [5, 5.41) is 2.69. The second-order valence-corrected chi connectivity index (χ2v) is 6.61. The molecule has 19 heavy (non-hydrogen) atoms. The van der Waals surface area contributed by atoms with Crippen molar-refractivity contribution in [2.75, 3.05) is 0 Å². The van der Waals surface area contributed by atoms with E-state index in [4.69, 9.17) is 0 Å². The summed E-state index contributed by atoms with van der Waals surface area (Å²) in [6.07, 6.45) is 4.32. The van der Waals surface area contributed by atoms with Crippen LogP contribution < -0.4 is 4.72 Å². The van der Waals surface area contributed by atoms with Crippen LogP contribution in [0.15, 0.2) is 22.8 Å². The molecule has 2 rings (SSSR count). The number of hydrogen-bond acceptors (Lipinski definition) is 5. The van der Waals surface area contributed by atoms with Gasteiger partial charge < -0.3 is 4.98 Å². The van der Waals surface area contributed by atoms with Crippen LogP contribution in [0.2, 0.25) is 0 Å². The van der Waals surface area contributed by atoms with E-state index in [0.29, 0.717) is 18.7 Å². The Morgan fingerprint density at radius 2 is 2.21 bits per heavy atom. The van der Waals surface area contributed by atoms with Crippen molar-refractivity contribution in [1.82, 2.24) is 19.7 Å². The van der Waals surface area contributed by atoms with Gasteiger partial charge in [-0.25, -0.2) is 18.4 Å². The van der Waals surface area contributed by atoms with Crippen molar-refractivity contribution in [3.05, 3.63) is 28.6 Å². The third kappa shape index (κ3) is 3.20. The van der Waals surface area contributed by atoms with Crippen LogP contribution in [0.5, 0.6) is 0 Å². The van der Waals surface area contributed by atoms with Gasteiger partial charge in [-0.05, 0) is 6.42 Å². The number of aromatic amines is 1. The maximum Gasteiger partial charge on any atom is 0.258 e. The summed E-state index contributed by atoms with van der Waals surface area (Å²) in [6, 6.07) is -0.307. The molecule has 1 atom stereocenters. The molecule has 0 amide bonds. The van der Waals surface area contributed by atoms with Crippen LogP contribution in [0.3, 0.4) is 0 Å². The van der Waals surface area contributed by atoms with Crippen molar-refractivity contribution in [3.8, 4) is 0 Å². The maximum absolute atomic E-state index is 12.2. The molecule has 0 aliphatic rings. The van der Waals surface area contributed by atoms with Crippen molar-refractivity contribution in [2.24, 2.45) is 0 Å². The highest BCUT2D eigenvalue weighted by atomic mass is 32.2. The molecule has 0 spiro atoms. The van der Waals surface area contributed by atoms with E-state index < -0.39 is 10.0 Å². The van der Waals surface area contributed by atoms with Gasteiger partial charge in [0.2, 0.25) is 0 Å². The lowest BCUT2D eigenvalue weighted by molar-refractivity contribution is 0.546. The minimum Gasteiger partial charge on any atom is -0.332 e. The SMILES string of the molecule is CCc1ncc(S(=O)(=O)N[C@H](CC)c2nccs2)[nH]1. The molecule has 2 N–H and O–H groups in total. The Kier molecular flexibility index (Phi) is 4.33. The molecule has 0 aromatic carbocycles. The summed E-state index contributed by atoms with van der Waals surface area (Å²) in [4.78, 5) is 11.0. The van der Waals surface area contributed by atoms with E-state index in [-0.39, 0.29) is 11.1 Å². The number of aryl methyl sites for hydroxylation is 1. The first-order valence-electron chi connectivity index (χ1n) is 6.02. The van der Waals surface area contributed by atoms with Crippen LogP contribution in [-0.4, -0.2) is 23.4 Å². The van der Waals surface area contributed by atoms with Crippen molar-refractivity contribution in [2.45, 2.75) is 37.8 Å². The summed E-state index contributed by atoms with van der Waals surface area (Å²) in [5.41, 5.74) is 0. The number of imidazole rings is 1. The number of aromatic nitrogens is 3. The van der Waals surface area contributed by atoms with Crippen LogP contribution in [0.1, 0.15) is 37.1 Å². The first kappa shape index (κ1) is 14.2. The van der Waals surface area contributed by atoms with Gasteiger partial charge >= 0.3 is 0 Å². The fourth-order valence-electron chi connectivity index (χ4n) is 1.63. The van der Waals surface area contributed by atoms with Gasteiger partial charge in [0.1, 0.15) is 10.8 Å². The van der Waals surface area contributed by atoms with Crippen LogP contribution >= 0.6 is 11.3 Å². The predicted molar refractivity (Wildman–Crippen MR) is 73.4 cm³/mol. The van der Waals surface area contributed by atoms with Gasteiger partial charge in [-0.15, -0.1) is 11.3 Å². The molecule has 0 fully saturated rings. The Morgan fingerprint density at radius 3 is 2.74 bits per heavy atom. The lowest BCUT2D eigenvalue weighted by atomic mass is 10.3. The Hall–Kier alpha value is -1.25. The highest BCUT2D eigenvalue weighted by Gasteiger charge is 2.23. The minimum absolute atomic E-state index is 0.0966. The molecule has 0 aliphatic heterocycles. The van der Waals surface area contributed by atoms with Gasteiger partial charge in [-0.1, -0.05) is 13.8 Å². The fraction of sp³-hybridized carbons (Fsp3) is 0.455. The zero-order valence-electron chi connectivity index (χ0n) is 10.8. The summed E-state index contributed by atoms with van der Waals surface area (Å²) < 4.78 is 27.1. The minimum atomic E-state index is -3.59. The molecule has 2 heterocycles. The Bertz CT molecular complexity index is 619. The van der Waals surface area contributed by atoms with E-state index in [0.717, 1.165) is 5.01 Å². The van der Waals surface area contributed by atoms with Crippen molar-refractivity contribution in [1.29, 1.82) is 0 Å². The zero-order chi connectivity index (χ0) is 13.9. The lowest BCUT2D eigenvalue weighted by Gasteiger charge is -2.13. The van der Waals surface area contributed by atoms with Gasteiger partial charge in [0.05, 0.1) is 12.2 Å². The fourth-order valence-corrected chi connectivity index (χ4v) is 3.70. The molecule has 0 saturated heterocycles. The maximum atomic E-state index is 12.2. The highest BCUT2D eigenvalue weighted by Crippen LogP contribution is 2.21. The molecule has 0 aliphatic carbocycles. The molecule has 0 saturated carbocycles. The van der Waals surface area contributed by atoms with Gasteiger partial charge in [0.25, 0.3) is 10.0 Å². The Labute approximate surface area is 116 Å². The Morgan fingerprint density at radius 1 is 1.42 bits per heavy atom. The summed E-state index contributed by atoms with van der Waals surface area (Å²) in [7, 11) is -3.59. The summed E-state index contributed by atoms with van der Waals surface area (Å²) >= 11 is 1.44. The molecule has 0 bridgehead atoms. The number of hydrogen-bond donors (Lipinski definition) is 2. The van der Waals surface area contributed by atoms with E-state index >= 15 is 0 Å². The van der Waals surface area contributed by atoms with Crippen LogP contribution in [0.25, 0.3) is 0 Å². The molecule has 0 unspecified atom stereocenters. The molecule has 2 aromatic heterocycles. The highest BCUT2D eigenvalue weighted by molar-refractivity contribution is 7.89. The third-order valence-electron chi connectivity index (χ3n) is 2.68. The van der Waals surface area contributed by atoms with Gasteiger partial charge in [0, 0.05) is 18.0 Å². The average Bonchev–Trinajstić information content (AvgIpc) is 3.06. The Balaban J connectivity index is 2.20. The van der Waals surface area contributed by atoms with E-state index in [9.17, 15) is 8.42 Å². The summed E-state index contributed by atoms with van der Waals surface area (Å²) in [6.45, 7) is 3.83. The quantitative estimate of drug-likeness (QED) is 0.852. The lowest BCUT2D eigenvalue weighted by Crippen LogP contribution is -2.28. The van der Waals surface area contributed by atoms with Crippen LogP contribution in [0.4, 0.5) is 0 Å². The standard InChI is InChI=1S/C11H16N4O2S2/c1-3-8(11-12-5-6-18-11)15-19(16,17)10-7-13-9(4-2)14-10/h5-8,15H,3-4H2,1-2H3,(H,13,14)/t8-/m1/s1. The van der Waals surface area contributed by atoms with E-state index in [1.54, 1.807) is 6.20 Å².